The number of hydrogen-bond acceptors (Lipinski definition) is 4. The number of pyridine rings is 1. The summed E-state index contributed by atoms with van der Waals surface area (Å²) >= 11 is 0. The second-order valence-corrected chi connectivity index (χ2v) is 5.01. The third kappa shape index (κ3) is 3.03. The van der Waals surface area contributed by atoms with E-state index in [0.717, 1.165) is 6.42 Å². The Labute approximate surface area is 127 Å². The molecule has 3 rings (SSSR count). The van der Waals surface area contributed by atoms with Crippen molar-refractivity contribution in [3.05, 3.63) is 76.6 Å². The third-order valence-electron chi connectivity index (χ3n) is 3.54. The van der Waals surface area contributed by atoms with Crippen LogP contribution in [0.5, 0.6) is 0 Å². The molecule has 0 amide bonds. The van der Waals surface area contributed by atoms with Gasteiger partial charge < -0.3 is 5.32 Å². The molecular formula is C17H15N3O2. The Bertz CT molecular complexity index is 818. The number of benzene rings is 2. The molecule has 0 radical (unpaired) electrons. The van der Waals surface area contributed by atoms with Crippen LogP contribution in [0, 0.1) is 10.1 Å². The summed E-state index contributed by atoms with van der Waals surface area (Å²) in [7, 11) is 0. The van der Waals surface area contributed by atoms with Gasteiger partial charge in [-0.05, 0) is 28.8 Å². The zero-order valence-electron chi connectivity index (χ0n) is 11.9. The Balaban J connectivity index is 1.68. The predicted octanol–water partition coefficient (Wildman–Crippen LogP) is 3.80. The molecule has 0 aliphatic heterocycles. The van der Waals surface area contributed by atoms with E-state index in [9.17, 15) is 10.1 Å². The highest BCUT2D eigenvalue weighted by atomic mass is 16.6. The number of nitrogens with zero attached hydrogens (tertiary/aromatic N) is 2. The van der Waals surface area contributed by atoms with Crippen LogP contribution in [0.3, 0.4) is 0 Å². The van der Waals surface area contributed by atoms with Crippen molar-refractivity contribution in [3.63, 3.8) is 0 Å². The highest BCUT2D eigenvalue weighted by molar-refractivity contribution is 5.83. The molecule has 0 unspecified atom stereocenters. The predicted molar refractivity (Wildman–Crippen MR) is 87.0 cm³/mol. The van der Waals surface area contributed by atoms with Gasteiger partial charge in [-0.15, -0.1) is 0 Å². The molecule has 5 heteroatoms. The van der Waals surface area contributed by atoms with Gasteiger partial charge in [-0.2, -0.15) is 0 Å². The molecule has 110 valence electrons. The minimum Gasteiger partial charge on any atom is -0.379 e. The third-order valence-corrected chi connectivity index (χ3v) is 3.54. The lowest BCUT2D eigenvalue weighted by Crippen LogP contribution is -2.07. The van der Waals surface area contributed by atoms with Crippen LogP contribution in [0.2, 0.25) is 0 Å². The smallest absolute Gasteiger partial charge is 0.310 e. The molecule has 0 bridgehead atoms. The minimum absolute atomic E-state index is 0.000937. The van der Waals surface area contributed by atoms with E-state index in [-0.39, 0.29) is 5.69 Å². The number of nitrogens with one attached hydrogen (secondary N) is 1. The minimum atomic E-state index is -0.425. The van der Waals surface area contributed by atoms with Crippen LogP contribution in [0.4, 0.5) is 11.4 Å². The fourth-order valence-corrected chi connectivity index (χ4v) is 2.42. The summed E-state index contributed by atoms with van der Waals surface area (Å²) in [6, 6.07) is 16.2. The first kappa shape index (κ1) is 14.0. The number of fused-ring (bicyclic) bond motifs is 1. The quantitative estimate of drug-likeness (QED) is 0.574. The summed E-state index contributed by atoms with van der Waals surface area (Å²) in [5.41, 5.74) is 1.70. The van der Waals surface area contributed by atoms with Crippen LogP contribution in [-0.2, 0) is 6.42 Å². The molecule has 0 atom stereocenters. The van der Waals surface area contributed by atoms with Crippen molar-refractivity contribution in [2.75, 3.05) is 11.9 Å². The van der Waals surface area contributed by atoms with Gasteiger partial charge in [0, 0.05) is 12.7 Å². The van der Waals surface area contributed by atoms with E-state index in [1.807, 2.05) is 12.1 Å². The summed E-state index contributed by atoms with van der Waals surface area (Å²) in [6.45, 7) is 0.628. The first-order valence-corrected chi connectivity index (χ1v) is 7.04. The van der Waals surface area contributed by atoms with Crippen LogP contribution in [0.25, 0.3) is 10.8 Å². The van der Waals surface area contributed by atoms with Gasteiger partial charge >= 0.3 is 5.69 Å². The zero-order chi connectivity index (χ0) is 15.4. The Hall–Kier alpha value is -2.95. The summed E-state index contributed by atoms with van der Waals surface area (Å²) in [6.07, 6.45) is 3.61. The van der Waals surface area contributed by atoms with E-state index in [2.05, 4.69) is 40.6 Å². The molecule has 2 aromatic carbocycles. The zero-order valence-corrected chi connectivity index (χ0v) is 11.9. The van der Waals surface area contributed by atoms with Crippen molar-refractivity contribution >= 4 is 22.1 Å². The van der Waals surface area contributed by atoms with Crippen molar-refractivity contribution in [1.82, 2.24) is 4.98 Å². The topological polar surface area (TPSA) is 68.1 Å². The van der Waals surface area contributed by atoms with Gasteiger partial charge in [-0.25, -0.2) is 0 Å². The number of aromatic nitrogens is 1. The van der Waals surface area contributed by atoms with Crippen molar-refractivity contribution in [2.45, 2.75) is 6.42 Å². The number of hydrogen-bond donors (Lipinski definition) is 1. The molecule has 1 aromatic heterocycles. The van der Waals surface area contributed by atoms with Gasteiger partial charge in [-0.1, -0.05) is 42.5 Å². The average Bonchev–Trinajstić information content (AvgIpc) is 2.55. The molecular weight excluding hydrogens is 278 g/mol. The Morgan fingerprint density at radius 3 is 2.73 bits per heavy atom. The van der Waals surface area contributed by atoms with Crippen LogP contribution in [0.1, 0.15) is 5.56 Å². The van der Waals surface area contributed by atoms with Gasteiger partial charge in [0.25, 0.3) is 0 Å². The highest BCUT2D eigenvalue weighted by Gasteiger charge is 2.12. The van der Waals surface area contributed by atoms with E-state index in [0.29, 0.717) is 12.2 Å². The fourth-order valence-electron chi connectivity index (χ4n) is 2.42. The molecule has 5 nitrogen and oxygen atoms in total. The first-order chi connectivity index (χ1) is 10.7. The van der Waals surface area contributed by atoms with E-state index in [1.165, 1.54) is 22.5 Å². The van der Waals surface area contributed by atoms with E-state index >= 15 is 0 Å². The molecule has 3 aromatic rings. The highest BCUT2D eigenvalue weighted by Crippen LogP contribution is 2.22. The largest absolute Gasteiger partial charge is 0.379 e. The monoisotopic (exact) mass is 293 g/mol. The number of nitro groups is 1. The average molecular weight is 293 g/mol. The molecule has 1 N–H and O–H groups in total. The second kappa shape index (κ2) is 6.22. The van der Waals surface area contributed by atoms with E-state index in [1.54, 1.807) is 12.3 Å². The van der Waals surface area contributed by atoms with Gasteiger partial charge in [0.05, 0.1) is 4.92 Å². The van der Waals surface area contributed by atoms with Crippen molar-refractivity contribution < 1.29 is 4.92 Å². The Morgan fingerprint density at radius 2 is 1.91 bits per heavy atom. The number of rotatable bonds is 5. The summed E-state index contributed by atoms with van der Waals surface area (Å²) < 4.78 is 0. The standard InChI is InChI=1S/C17H15N3O2/c21-20(22)17-12-18-9-8-16(17)19-10-7-13-5-6-14-3-1-2-4-15(14)11-13/h1-6,8-9,11-12H,7,10H2,(H,18,19). The molecule has 22 heavy (non-hydrogen) atoms. The van der Waals surface area contributed by atoms with Crippen LogP contribution >= 0.6 is 0 Å². The second-order valence-electron chi connectivity index (χ2n) is 5.01. The SMILES string of the molecule is O=[N+]([O-])c1cnccc1NCCc1ccc2ccccc2c1. The van der Waals surface area contributed by atoms with E-state index < -0.39 is 4.92 Å². The summed E-state index contributed by atoms with van der Waals surface area (Å²) in [4.78, 5) is 14.3. The van der Waals surface area contributed by atoms with Crippen molar-refractivity contribution in [3.8, 4) is 0 Å². The van der Waals surface area contributed by atoms with Crippen LogP contribution < -0.4 is 5.32 Å². The normalized spacial score (nSPS) is 10.5. The van der Waals surface area contributed by atoms with Gasteiger partial charge in [0.1, 0.15) is 11.9 Å². The lowest BCUT2D eigenvalue weighted by Gasteiger charge is -2.07. The first-order valence-electron chi connectivity index (χ1n) is 7.04. The molecule has 0 saturated carbocycles. The maximum Gasteiger partial charge on any atom is 0.310 e. The van der Waals surface area contributed by atoms with E-state index in [4.69, 9.17) is 0 Å². The maximum atomic E-state index is 10.9. The van der Waals surface area contributed by atoms with Gasteiger partial charge in [-0.3, -0.25) is 15.1 Å². The Morgan fingerprint density at radius 1 is 1.09 bits per heavy atom. The van der Waals surface area contributed by atoms with Crippen LogP contribution in [-0.4, -0.2) is 16.5 Å². The molecule has 0 saturated heterocycles. The fraction of sp³-hybridized carbons (Fsp3) is 0.118. The number of anilines is 1. The van der Waals surface area contributed by atoms with Gasteiger partial charge in [0.15, 0.2) is 0 Å². The van der Waals surface area contributed by atoms with Gasteiger partial charge in [0.2, 0.25) is 0 Å². The lowest BCUT2D eigenvalue weighted by atomic mass is 10.1. The molecule has 0 fully saturated rings. The molecule has 0 aliphatic rings. The van der Waals surface area contributed by atoms with Crippen molar-refractivity contribution in [2.24, 2.45) is 0 Å². The Kier molecular flexibility index (Phi) is 3.96. The summed E-state index contributed by atoms with van der Waals surface area (Å²) in [5.74, 6) is 0. The molecule has 0 aliphatic carbocycles. The maximum absolute atomic E-state index is 10.9. The van der Waals surface area contributed by atoms with Crippen molar-refractivity contribution in [1.29, 1.82) is 0 Å². The van der Waals surface area contributed by atoms with Crippen LogP contribution in [0.15, 0.2) is 60.9 Å². The lowest BCUT2D eigenvalue weighted by molar-refractivity contribution is -0.384. The molecule has 0 spiro atoms. The molecule has 1 heterocycles. The summed E-state index contributed by atoms with van der Waals surface area (Å²) in [5, 5.41) is 16.5.